The van der Waals surface area contributed by atoms with Gasteiger partial charge in [-0.3, -0.25) is 4.98 Å². The Hall–Kier alpha value is -2.49. The average molecular weight is 567 g/mol. The molecule has 0 amide bonds. The first-order valence-electron chi connectivity index (χ1n) is 8.98. The van der Waals surface area contributed by atoms with Gasteiger partial charge in [-0.05, 0) is 29.6 Å². The van der Waals surface area contributed by atoms with Crippen LogP contribution in [0.1, 0.15) is 18.1 Å². The van der Waals surface area contributed by atoms with E-state index in [0.717, 1.165) is 10.9 Å². The first kappa shape index (κ1) is 19.8. The Morgan fingerprint density at radius 2 is 1.59 bits per heavy atom. The van der Waals surface area contributed by atoms with Crippen LogP contribution in [0, 0.1) is 6.07 Å². The second-order valence-electron chi connectivity index (χ2n) is 7.23. The van der Waals surface area contributed by atoms with Crippen molar-refractivity contribution in [2.45, 2.75) is 18.5 Å². The van der Waals surface area contributed by atoms with Crippen molar-refractivity contribution < 1.29 is 33.3 Å². The predicted molar refractivity (Wildman–Crippen MR) is 104 cm³/mol. The van der Waals surface area contributed by atoms with Gasteiger partial charge in [-0.1, -0.05) is 65.7 Å². The Labute approximate surface area is 180 Å². The number of halogens is 3. The van der Waals surface area contributed by atoms with E-state index in [1.54, 1.807) is 36.4 Å². The molecular formula is C24H15F3IrN-. The van der Waals surface area contributed by atoms with Crippen molar-refractivity contribution in [3.8, 4) is 22.4 Å². The maximum Gasteiger partial charge on any atom is 0.400 e. The predicted octanol–water partition coefficient (Wildman–Crippen LogP) is 6.55. The zero-order chi connectivity index (χ0) is 19.5. The number of fused-ring (bicyclic) bond motifs is 4. The third-order valence-electron chi connectivity index (χ3n) is 5.69. The van der Waals surface area contributed by atoms with E-state index in [0.29, 0.717) is 22.4 Å². The van der Waals surface area contributed by atoms with Crippen molar-refractivity contribution >= 4 is 10.9 Å². The molecule has 0 fully saturated rings. The standard InChI is InChI=1S/C24H15F3N.Ir/c1-23(24(25,26)27)19-8-4-3-7-17(19)18-12-10-16(14-20(18)23)22-13-11-15-6-2-5-9-21(15)28-22;/h2-9,11-14H,1H3;/q-1;. The summed E-state index contributed by atoms with van der Waals surface area (Å²) in [5.74, 6) is 0. The molecule has 3 aromatic carbocycles. The van der Waals surface area contributed by atoms with E-state index in [9.17, 15) is 13.2 Å². The molecule has 1 unspecified atom stereocenters. The van der Waals surface area contributed by atoms with Crippen molar-refractivity contribution in [2.75, 3.05) is 0 Å². The van der Waals surface area contributed by atoms with E-state index in [2.05, 4.69) is 11.1 Å². The van der Waals surface area contributed by atoms with Gasteiger partial charge in [0.1, 0.15) is 0 Å². The molecule has 0 N–H and O–H groups in total. The number of rotatable bonds is 1. The number of aromatic nitrogens is 1. The summed E-state index contributed by atoms with van der Waals surface area (Å²) in [7, 11) is 0. The summed E-state index contributed by atoms with van der Waals surface area (Å²) in [5, 5.41) is 0.986. The van der Waals surface area contributed by atoms with Crippen LogP contribution in [0.4, 0.5) is 13.2 Å². The van der Waals surface area contributed by atoms with Crippen molar-refractivity contribution in [3.05, 3.63) is 90.0 Å². The molecule has 0 aliphatic heterocycles. The average Bonchev–Trinajstić information content (AvgIpc) is 2.97. The smallest absolute Gasteiger partial charge is 0.296 e. The zero-order valence-corrected chi connectivity index (χ0v) is 17.7. The Bertz CT molecular complexity index is 1230. The molecule has 147 valence electrons. The van der Waals surface area contributed by atoms with Gasteiger partial charge in [-0.25, -0.2) is 0 Å². The number of alkyl halides is 3. The largest absolute Gasteiger partial charge is 0.400 e. The van der Waals surface area contributed by atoms with E-state index >= 15 is 0 Å². The monoisotopic (exact) mass is 567 g/mol. The third-order valence-corrected chi connectivity index (χ3v) is 5.69. The molecule has 1 radical (unpaired) electrons. The fourth-order valence-electron chi connectivity index (χ4n) is 4.10. The van der Waals surface area contributed by atoms with Gasteiger partial charge in [0.25, 0.3) is 0 Å². The second-order valence-corrected chi connectivity index (χ2v) is 7.23. The van der Waals surface area contributed by atoms with E-state index in [4.69, 9.17) is 0 Å². The van der Waals surface area contributed by atoms with E-state index in [-0.39, 0.29) is 31.2 Å². The number of nitrogens with zero attached hydrogens (tertiary/aromatic N) is 1. The molecular weight excluding hydrogens is 551 g/mol. The number of benzene rings is 3. The fraction of sp³-hybridized carbons (Fsp3) is 0.125. The third kappa shape index (κ3) is 2.84. The molecule has 0 bridgehead atoms. The maximum atomic E-state index is 14.2. The summed E-state index contributed by atoms with van der Waals surface area (Å²) in [4.78, 5) is 4.62. The molecule has 1 aromatic heterocycles. The van der Waals surface area contributed by atoms with Crippen LogP contribution >= 0.6 is 0 Å². The molecule has 1 aliphatic carbocycles. The summed E-state index contributed by atoms with van der Waals surface area (Å²) in [6.07, 6.45) is -4.41. The Balaban J connectivity index is 0.00000205. The Kier molecular flexibility index (Phi) is 4.64. The summed E-state index contributed by atoms with van der Waals surface area (Å²) >= 11 is 0. The normalized spacial score (nSPS) is 17.5. The Morgan fingerprint density at radius 3 is 2.38 bits per heavy atom. The molecule has 0 saturated carbocycles. The molecule has 1 atom stereocenters. The minimum atomic E-state index is -4.41. The maximum absolute atomic E-state index is 14.2. The van der Waals surface area contributed by atoms with Crippen molar-refractivity contribution in [3.63, 3.8) is 0 Å². The zero-order valence-electron chi connectivity index (χ0n) is 15.3. The van der Waals surface area contributed by atoms with Gasteiger partial charge in [0, 0.05) is 20.1 Å². The van der Waals surface area contributed by atoms with Gasteiger partial charge in [0.2, 0.25) is 0 Å². The quantitative estimate of drug-likeness (QED) is 0.238. The first-order valence-corrected chi connectivity index (χ1v) is 8.98. The summed E-state index contributed by atoms with van der Waals surface area (Å²) in [5.41, 5.74) is 1.66. The molecule has 5 heteroatoms. The molecule has 0 saturated heterocycles. The van der Waals surface area contributed by atoms with Crippen LogP contribution in [0.2, 0.25) is 0 Å². The molecule has 1 aliphatic rings. The summed E-state index contributed by atoms with van der Waals surface area (Å²) in [6, 6.07) is 24.6. The van der Waals surface area contributed by atoms with E-state index in [1.165, 1.54) is 6.92 Å². The first-order chi connectivity index (χ1) is 13.4. The summed E-state index contributed by atoms with van der Waals surface area (Å²) < 4.78 is 42.7. The minimum absolute atomic E-state index is 0. The van der Waals surface area contributed by atoms with Gasteiger partial charge in [0.15, 0.2) is 0 Å². The van der Waals surface area contributed by atoms with Gasteiger partial charge in [-0.15, -0.1) is 29.3 Å². The van der Waals surface area contributed by atoms with Gasteiger partial charge in [0.05, 0.1) is 10.9 Å². The van der Waals surface area contributed by atoms with Crippen LogP contribution in [0.5, 0.6) is 0 Å². The molecule has 0 spiro atoms. The van der Waals surface area contributed by atoms with Crippen LogP contribution in [0.15, 0.2) is 72.8 Å². The van der Waals surface area contributed by atoms with Crippen LogP contribution < -0.4 is 0 Å². The van der Waals surface area contributed by atoms with Crippen LogP contribution in [-0.2, 0) is 25.5 Å². The molecule has 1 nitrogen and oxygen atoms in total. The SMILES string of the molecule is CC1(C(F)(F)F)c2ccccc2-c2c[c-]c(-c3ccc4ccccc4n3)cc21.[Ir]. The summed E-state index contributed by atoms with van der Waals surface area (Å²) in [6.45, 7) is 1.26. The van der Waals surface area contributed by atoms with E-state index < -0.39 is 11.6 Å². The molecule has 4 aromatic rings. The topological polar surface area (TPSA) is 12.9 Å². The molecule has 5 rings (SSSR count). The number of pyridine rings is 1. The van der Waals surface area contributed by atoms with E-state index in [1.807, 2.05) is 36.4 Å². The second kappa shape index (κ2) is 6.79. The molecule has 1 heterocycles. The number of hydrogen-bond acceptors (Lipinski definition) is 1. The van der Waals surface area contributed by atoms with Crippen LogP contribution in [0.25, 0.3) is 33.3 Å². The minimum Gasteiger partial charge on any atom is -0.296 e. The van der Waals surface area contributed by atoms with Crippen molar-refractivity contribution in [1.29, 1.82) is 0 Å². The fourth-order valence-corrected chi connectivity index (χ4v) is 4.10. The van der Waals surface area contributed by atoms with Crippen LogP contribution in [-0.4, -0.2) is 11.2 Å². The van der Waals surface area contributed by atoms with Crippen LogP contribution in [0.3, 0.4) is 0 Å². The number of para-hydroxylation sites is 1. The van der Waals surface area contributed by atoms with Crippen molar-refractivity contribution in [2.24, 2.45) is 0 Å². The number of hydrogen-bond donors (Lipinski definition) is 0. The van der Waals surface area contributed by atoms with Gasteiger partial charge < -0.3 is 0 Å². The van der Waals surface area contributed by atoms with Gasteiger partial charge in [-0.2, -0.15) is 13.2 Å². The Morgan fingerprint density at radius 1 is 0.862 bits per heavy atom. The molecule has 29 heavy (non-hydrogen) atoms. The van der Waals surface area contributed by atoms with Crippen molar-refractivity contribution in [1.82, 2.24) is 4.98 Å². The van der Waals surface area contributed by atoms with Gasteiger partial charge >= 0.3 is 6.18 Å².